The van der Waals surface area contributed by atoms with Crippen LogP contribution in [0.5, 0.6) is 0 Å². The van der Waals surface area contributed by atoms with Gasteiger partial charge in [0.1, 0.15) is 5.82 Å². The van der Waals surface area contributed by atoms with Gasteiger partial charge >= 0.3 is 0 Å². The molecule has 0 aliphatic heterocycles. The topological polar surface area (TPSA) is 40.7 Å². The molecule has 0 fully saturated rings. The minimum Gasteiger partial charge on any atom is -0.368 e. The molecule has 0 radical (unpaired) electrons. The van der Waals surface area contributed by atoms with Crippen LogP contribution < -0.4 is 5.32 Å². The molecule has 2 rings (SSSR count). The lowest BCUT2D eigenvalue weighted by Gasteiger charge is -2.04. The van der Waals surface area contributed by atoms with Gasteiger partial charge in [0.15, 0.2) is 0 Å². The molecule has 0 saturated heterocycles. The number of aromatic nitrogens is 2. The highest BCUT2D eigenvalue weighted by atomic mass is 79.9. The molecule has 0 amide bonds. The molecule has 0 bridgehead atoms. The molecule has 5 heteroatoms. The first-order valence-electron chi connectivity index (χ1n) is 5.81. The van der Waals surface area contributed by atoms with Gasteiger partial charge in [-0.25, -0.2) is 0 Å². The molecule has 96 valence electrons. The van der Waals surface area contributed by atoms with E-state index in [-0.39, 0.29) is 0 Å². The Labute approximate surface area is 120 Å². The van der Waals surface area contributed by atoms with Crippen LogP contribution in [0.25, 0.3) is 11.3 Å². The third kappa shape index (κ3) is 3.27. The van der Waals surface area contributed by atoms with Crippen LogP contribution in [-0.2, 0) is 0 Å². The Morgan fingerprint density at radius 1 is 1.39 bits per heavy atom. The van der Waals surface area contributed by atoms with Crippen molar-refractivity contribution < 1.29 is 0 Å². The van der Waals surface area contributed by atoms with Crippen LogP contribution in [-0.4, -0.2) is 16.7 Å². The summed E-state index contributed by atoms with van der Waals surface area (Å²) in [6.45, 7) is 5.22. The molecular formula is C13H15BrClN3. The van der Waals surface area contributed by atoms with Gasteiger partial charge in [0.05, 0.1) is 10.7 Å². The molecule has 0 unspecified atom stereocenters. The van der Waals surface area contributed by atoms with E-state index in [0.717, 1.165) is 28.1 Å². The summed E-state index contributed by atoms with van der Waals surface area (Å²) in [5.74, 6) is 1.43. The van der Waals surface area contributed by atoms with Gasteiger partial charge in [0, 0.05) is 22.6 Å². The highest BCUT2D eigenvalue weighted by molar-refractivity contribution is 9.10. The van der Waals surface area contributed by atoms with Gasteiger partial charge in [-0.2, -0.15) is 5.10 Å². The van der Waals surface area contributed by atoms with E-state index in [1.54, 1.807) is 0 Å². The van der Waals surface area contributed by atoms with Crippen LogP contribution >= 0.6 is 27.5 Å². The highest BCUT2D eigenvalue weighted by Crippen LogP contribution is 2.30. The fraction of sp³-hybridized carbons (Fsp3) is 0.308. The van der Waals surface area contributed by atoms with E-state index in [0.29, 0.717) is 10.9 Å². The van der Waals surface area contributed by atoms with E-state index in [1.807, 2.05) is 24.3 Å². The first-order valence-corrected chi connectivity index (χ1v) is 6.98. The molecule has 0 saturated carbocycles. The molecule has 1 aromatic carbocycles. The second-order valence-corrected chi connectivity index (χ2v) is 5.89. The van der Waals surface area contributed by atoms with Gasteiger partial charge in [-0.15, -0.1) is 0 Å². The molecule has 2 aromatic rings. The number of anilines is 1. The van der Waals surface area contributed by atoms with E-state index < -0.39 is 0 Å². The van der Waals surface area contributed by atoms with E-state index in [1.165, 1.54) is 0 Å². The van der Waals surface area contributed by atoms with Gasteiger partial charge in [-0.05, 0) is 18.1 Å². The zero-order chi connectivity index (χ0) is 13.1. The van der Waals surface area contributed by atoms with E-state index in [4.69, 9.17) is 11.6 Å². The maximum absolute atomic E-state index is 6.20. The zero-order valence-corrected chi connectivity index (χ0v) is 12.6. The molecule has 2 N–H and O–H groups in total. The number of aromatic amines is 1. The lowest BCUT2D eigenvalue weighted by atomic mass is 10.1. The van der Waals surface area contributed by atoms with Crippen molar-refractivity contribution in [1.29, 1.82) is 0 Å². The van der Waals surface area contributed by atoms with Crippen molar-refractivity contribution in [3.63, 3.8) is 0 Å². The van der Waals surface area contributed by atoms with E-state index >= 15 is 0 Å². The highest BCUT2D eigenvalue weighted by Gasteiger charge is 2.08. The van der Waals surface area contributed by atoms with Crippen LogP contribution in [0.3, 0.4) is 0 Å². The maximum Gasteiger partial charge on any atom is 0.148 e. The summed E-state index contributed by atoms with van der Waals surface area (Å²) in [4.78, 5) is 0. The smallest absolute Gasteiger partial charge is 0.148 e. The molecule has 0 aliphatic rings. The maximum atomic E-state index is 6.20. The quantitative estimate of drug-likeness (QED) is 0.863. The summed E-state index contributed by atoms with van der Waals surface area (Å²) >= 11 is 9.59. The lowest BCUT2D eigenvalue weighted by Crippen LogP contribution is -2.07. The average Bonchev–Trinajstić information content (AvgIpc) is 2.75. The molecule has 0 aliphatic carbocycles. The first kappa shape index (κ1) is 13.4. The van der Waals surface area contributed by atoms with Crippen LogP contribution in [0, 0.1) is 5.92 Å². The number of hydrogen-bond donors (Lipinski definition) is 2. The van der Waals surface area contributed by atoms with Crippen molar-refractivity contribution in [2.45, 2.75) is 13.8 Å². The molecule has 0 spiro atoms. The number of nitrogens with zero attached hydrogens (tertiary/aromatic N) is 1. The monoisotopic (exact) mass is 327 g/mol. The van der Waals surface area contributed by atoms with Crippen LogP contribution in [0.4, 0.5) is 5.82 Å². The summed E-state index contributed by atoms with van der Waals surface area (Å²) in [5.41, 5.74) is 1.86. The van der Waals surface area contributed by atoms with Crippen LogP contribution in [0.15, 0.2) is 28.7 Å². The van der Waals surface area contributed by atoms with Gasteiger partial charge in [-0.1, -0.05) is 47.4 Å². The zero-order valence-electron chi connectivity index (χ0n) is 10.3. The predicted molar refractivity (Wildman–Crippen MR) is 80.1 cm³/mol. The Morgan fingerprint density at radius 3 is 2.83 bits per heavy atom. The summed E-state index contributed by atoms with van der Waals surface area (Å²) < 4.78 is 0.967. The Balaban J connectivity index is 2.18. The van der Waals surface area contributed by atoms with Gasteiger partial charge in [-0.3, -0.25) is 5.10 Å². The second kappa shape index (κ2) is 5.76. The van der Waals surface area contributed by atoms with E-state index in [2.05, 4.69) is 45.3 Å². The summed E-state index contributed by atoms with van der Waals surface area (Å²) in [6.07, 6.45) is 0. The standard InChI is InChI=1S/C13H15BrClN3/c1-8(2)7-16-13-6-12(17-18-13)10-4-3-9(14)5-11(10)15/h3-6,8H,7H2,1-2H3,(H2,16,17,18). The van der Waals surface area contributed by atoms with Crippen LogP contribution in [0.2, 0.25) is 5.02 Å². The average molecular weight is 329 g/mol. The van der Waals surface area contributed by atoms with Crippen molar-refractivity contribution >= 4 is 33.3 Å². The number of rotatable bonds is 4. The molecule has 1 heterocycles. The summed E-state index contributed by atoms with van der Waals surface area (Å²) in [5, 5.41) is 11.2. The Bertz CT molecular complexity index is 537. The third-order valence-corrected chi connectivity index (χ3v) is 3.30. The number of nitrogens with one attached hydrogen (secondary N) is 2. The molecule has 18 heavy (non-hydrogen) atoms. The van der Waals surface area contributed by atoms with Crippen molar-refractivity contribution in [2.24, 2.45) is 5.92 Å². The van der Waals surface area contributed by atoms with Gasteiger partial charge < -0.3 is 5.32 Å². The predicted octanol–water partition coefficient (Wildman–Crippen LogP) is 4.56. The minimum atomic E-state index is 0.585. The number of halogens is 2. The van der Waals surface area contributed by atoms with Crippen molar-refractivity contribution in [2.75, 3.05) is 11.9 Å². The molecular weight excluding hydrogens is 314 g/mol. The van der Waals surface area contributed by atoms with Crippen molar-refractivity contribution in [1.82, 2.24) is 10.2 Å². The number of hydrogen-bond acceptors (Lipinski definition) is 2. The molecule has 0 atom stereocenters. The Hall–Kier alpha value is -1.00. The number of H-pyrrole nitrogens is 1. The normalized spacial score (nSPS) is 10.9. The SMILES string of the molecule is CC(C)CNc1cc(-c2ccc(Br)cc2Cl)[nH]n1. The van der Waals surface area contributed by atoms with Crippen molar-refractivity contribution in [3.8, 4) is 11.3 Å². The number of benzene rings is 1. The fourth-order valence-corrected chi connectivity index (χ4v) is 2.34. The Morgan fingerprint density at radius 2 is 2.17 bits per heavy atom. The van der Waals surface area contributed by atoms with E-state index in [9.17, 15) is 0 Å². The van der Waals surface area contributed by atoms with Gasteiger partial charge in [0.2, 0.25) is 0 Å². The summed E-state index contributed by atoms with van der Waals surface area (Å²) in [6, 6.07) is 7.77. The molecule has 3 nitrogen and oxygen atoms in total. The van der Waals surface area contributed by atoms with Crippen LogP contribution in [0.1, 0.15) is 13.8 Å². The third-order valence-electron chi connectivity index (χ3n) is 2.49. The fourth-order valence-electron chi connectivity index (χ4n) is 1.57. The first-order chi connectivity index (χ1) is 8.56. The van der Waals surface area contributed by atoms with Crippen molar-refractivity contribution in [3.05, 3.63) is 33.8 Å². The minimum absolute atomic E-state index is 0.585. The Kier molecular flexibility index (Phi) is 4.30. The second-order valence-electron chi connectivity index (χ2n) is 4.57. The largest absolute Gasteiger partial charge is 0.368 e. The van der Waals surface area contributed by atoms with Gasteiger partial charge in [0.25, 0.3) is 0 Å². The molecule has 1 aromatic heterocycles. The summed E-state index contributed by atoms with van der Waals surface area (Å²) in [7, 11) is 0. The lowest BCUT2D eigenvalue weighted by molar-refractivity contribution is 0.687.